The van der Waals surface area contributed by atoms with Crippen LogP contribution >= 0.6 is 0 Å². The van der Waals surface area contributed by atoms with Gasteiger partial charge in [0.2, 0.25) is 0 Å². The number of benzene rings is 1. The van der Waals surface area contributed by atoms with Gasteiger partial charge >= 0.3 is 12.1 Å². The molecule has 1 aromatic carbocycles. The molecule has 21 heavy (non-hydrogen) atoms. The van der Waals surface area contributed by atoms with Gasteiger partial charge in [-0.3, -0.25) is 4.90 Å². The summed E-state index contributed by atoms with van der Waals surface area (Å²) in [5.41, 5.74) is -0.0868. The minimum absolute atomic E-state index is 0.0142. The highest BCUT2D eigenvalue weighted by molar-refractivity contribution is 6.00. The molecule has 1 amide bonds. The van der Waals surface area contributed by atoms with E-state index in [0.717, 1.165) is 19.3 Å². The van der Waals surface area contributed by atoms with Crippen molar-refractivity contribution in [2.75, 3.05) is 4.90 Å². The minimum atomic E-state index is -1.04. The van der Waals surface area contributed by atoms with E-state index in [0.29, 0.717) is 5.69 Å². The van der Waals surface area contributed by atoms with Gasteiger partial charge < -0.3 is 9.84 Å². The highest BCUT2D eigenvalue weighted by Gasteiger charge is 2.35. The quantitative estimate of drug-likeness (QED) is 0.922. The Morgan fingerprint density at radius 2 is 1.86 bits per heavy atom. The van der Waals surface area contributed by atoms with Crippen molar-refractivity contribution in [3.63, 3.8) is 0 Å². The maximum Gasteiger partial charge on any atom is 0.415 e. The highest BCUT2D eigenvalue weighted by atomic mass is 16.6. The lowest BCUT2D eigenvalue weighted by Crippen LogP contribution is -2.47. The second-order valence-electron chi connectivity index (χ2n) is 6.26. The summed E-state index contributed by atoms with van der Waals surface area (Å²) in [6.45, 7) is 5.40. The molecule has 0 unspecified atom stereocenters. The summed E-state index contributed by atoms with van der Waals surface area (Å²) >= 11 is 0. The Labute approximate surface area is 124 Å². The number of hydrogen-bond acceptors (Lipinski definition) is 3. The van der Waals surface area contributed by atoms with Gasteiger partial charge in [-0.1, -0.05) is 12.1 Å². The van der Waals surface area contributed by atoms with Crippen molar-refractivity contribution in [3.05, 3.63) is 29.8 Å². The van der Waals surface area contributed by atoms with Gasteiger partial charge in [0.05, 0.1) is 11.3 Å². The number of carboxylic acids is 1. The number of nitrogens with zero attached hydrogens (tertiary/aromatic N) is 1. The minimum Gasteiger partial charge on any atom is -0.478 e. The molecule has 0 bridgehead atoms. The van der Waals surface area contributed by atoms with Crippen LogP contribution in [-0.4, -0.2) is 28.8 Å². The van der Waals surface area contributed by atoms with Gasteiger partial charge in [-0.15, -0.1) is 0 Å². The predicted molar refractivity (Wildman–Crippen MR) is 79.8 cm³/mol. The van der Waals surface area contributed by atoms with E-state index in [9.17, 15) is 14.7 Å². The van der Waals surface area contributed by atoms with Crippen molar-refractivity contribution in [3.8, 4) is 0 Å². The fourth-order valence-electron chi connectivity index (χ4n) is 2.26. The molecule has 0 radical (unpaired) electrons. The number of carbonyl (C=O) groups is 2. The first-order valence-electron chi connectivity index (χ1n) is 7.14. The van der Waals surface area contributed by atoms with E-state index in [4.69, 9.17) is 4.74 Å². The SMILES string of the molecule is CC(C)(C)OC(=O)N(c1ccccc1C(=O)O)C1CCC1. The first-order chi connectivity index (χ1) is 9.79. The van der Waals surface area contributed by atoms with Crippen molar-refractivity contribution in [1.29, 1.82) is 0 Å². The van der Waals surface area contributed by atoms with Gasteiger partial charge in [0.15, 0.2) is 0 Å². The topological polar surface area (TPSA) is 66.8 Å². The van der Waals surface area contributed by atoms with E-state index in [1.807, 2.05) is 0 Å². The lowest BCUT2D eigenvalue weighted by Gasteiger charge is -2.38. The van der Waals surface area contributed by atoms with Crippen LogP contribution in [-0.2, 0) is 4.74 Å². The van der Waals surface area contributed by atoms with Crippen molar-refractivity contribution in [2.45, 2.75) is 51.7 Å². The zero-order valence-corrected chi connectivity index (χ0v) is 12.6. The van der Waals surface area contributed by atoms with Crippen LogP contribution in [0.5, 0.6) is 0 Å². The molecule has 114 valence electrons. The number of ether oxygens (including phenoxy) is 1. The third-order valence-electron chi connectivity index (χ3n) is 3.42. The molecule has 1 aromatic rings. The van der Waals surface area contributed by atoms with Gasteiger partial charge in [-0.05, 0) is 52.2 Å². The van der Waals surface area contributed by atoms with Gasteiger partial charge in [0, 0.05) is 6.04 Å². The van der Waals surface area contributed by atoms with Crippen LogP contribution in [0.2, 0.25) is 0 Å². The van der Waals surface area contributed by atoms with Crippen LogP contribution in [0, 0.1) is 0 Å². The number of carbonyl (C=O) groups excluding carboxylic acids is 1. The average molecular weight is 291 g/mol. The summed E-state index contributed by atoms with van der Waals surface area (Å²) in [4.78, 5) is 25.4. The summed E-state index contributed by atoms with van der Waals surface area (Å²) < 4.78 is 5.44. The molecule has 0 spiro atoms. The maximum absolute atomic E-state index is 12.5. The molecule has 5 heteroatoms. The third kappa shape index (κ3) is 3.54. The number of para-hydroxylation sites is 1. The molecule has 2 rings (SSSR count). The van der Waals surface area contributed by atoms with Gasteiger partial charge in [-0.25, -0.2) is 9.59 Å². The molecule has 0 aromatic heterocycles. The summed E-state index contributed by atoms with van der Waals surface area (Å²) in [7, 11) is 0. The zero-order chi connectivity index (χ0) is 15.6. The molecule has 1 aliphatic carbocycles. The molecule has 0 atom stereocenters. The number of hydrogen-bond donors (Lipinski definition) is 1. The lowest BCUT2D eigenvalue weighted by molar-refractivity contribution is 0.0549. The highest BCUT2D eigenvalue weighted by Crippen LogP contribution is 2.33. The predicted octanol–water partition coefficient (Wildman–Crippen LogP) is 3.68. The summed E-state index contributed by atoms with van der Waals surface area (Å²) in [6.07, 6.45) is 2.29. The summed E-state index contributed by atoms with van der Waals surface area (Å²) in [5, 5.41) is 9.32. The van der Waals surface area contributed by atoms with E-state index in [-0.39, 0.29) is 11.6 Å². The van der Waals surface area contributed by atoms with Crippen molar-refractivity contribution in [2.24, 2.45) is 0 Å². The molecule has 0 saturated heterocycles. The normalized spacial score (nSPS) is 15.2. The van der Waals surface area contributed by atoms with E-state index >= 15 is 0 Å². The maximum atomic E-state index is 12.5. The second kappa shape index (κ2) is 5.76. The Morgan fingerprint density at radius 3 is 2.33 bits per heavy atom. The summed E-state index contributed by atoms with van der Waals surface area (Å²) in [6, 6.07) is 6.57. The first kappa shape index (κ1) is 15.4. The van der Waals surface area contributed by atoms with Crippen molar-refractivity contribution in [1.82, 2.24) is 0 Å². The average Bonchev–Trinajstić information content (AvgIpc) is 2.31. The first-order valence-corrected chi connectivity index (χ1v) is 7.14. The van der Waals surface area contributed by atoms with Crippen LogP contribution in [0.4, 0.5) is 10.5 Å². The van der Waals surface area contributed by atoms with Crippen LogP contribution in [0.15, 0.2) is 24.3 Å². The Bertz CT molecular complexity index is 543. The third-order valence-corrected chi connectivity index (χ3v) is 3.42. The van der Waals surface area contributed by atoms with Gasteiger partial charge in [0.25, 0.3) is 0 Å². The molecule has 0 heterocycles. The smallest absolute Gasteiger partial charge is 0.415 e. The van der Waals surface area contributed by atoms with Crippen molar-refractivity contribution >= 4 is 17.7 Å². The van der Waals surface area contributed by atoms with Gasteiger partial charge in [-0.2, -0.15) is 0 Å². The molecule has 1 saturated carbocycles. The van der Waals surface area contributed by atoms with Crippen molar-refractivity contribution < 1.29 is 19.4 Å². The Hall–Kier alpha value is -2.04. The molecular formula is C16H21NO4. The van der Waals surface area contributed by atoms with E-state index < -0.39 is 17.7 Å². The molecule has 1 fully saturated rings. The zero-order valence-electron chi connectivity index (χ0n) is 12.6. The van der Waals surface area contributed by atoms with E-state index in [1.54, 1.807) is 39.0 Å². The largest absolute Gasteiger partial charge is 0.478 e. The number of anilines is 1. The van der Waals surface area contributed by atoms with Crippen LogP contribution in [0.25, 0.3) is 0 Å². The number of rotatable bonds is 3. The number of carboxylic acid groups (broad SMARTS) is 1. The number of amides is 1. The monoisotopic (exact) mass is 291 g/mol. The Kier molecular flexibility index (Phi) is 4.21. The molecule has 1 aliphatic rings. The Morgan fingerprint density at radius 1 is 1.24 bits per heavy atom. The van der Waals surface area contributed by atoms with Gasteiger partial charge in [0.1, 0.15) is 5.60 Å². The fourth-order valence-corrected chi connectivity index (χ4v) is 2.26. The fraction of sp³-hybridized carbons (Fsp3) is 0.500. The lowest BCUT2D eigenvalue weighted by atomic mass is 9.91. The number of aromatic carboxylic acids is 1. The molecule has 5 nitrogen and oxygen atoms in total. The molecule has 0 aliphatic heterocycles. The Balaban J connectivity index is 2.37. The van der Waals surface area contributed by atoms with Crippen LogP contribution < -0.4 is 4.90 Å². The summed E-state index contributed by atoms with van der Waals surface area (Å²) in [5.74, 6) is -1.04. The molecular weight excluding hydrogens is 270 g/mol. The van der Waals surface area contributed by atoms with Crippen LogP contribution in [0.3, 0.4) is 0 Å². The van der Waals surface area contributed by atoms with E-state index in [2.05, 4.69) is 0 Å². The van der Waals surface area contributed by atoms with E-state index in [1.165, 1.54) is 11.0 Å². The standard InChI is InChI=1S/C16H21NO4/c1-16(2,3)21-15(20)17(11-7-6-8-11)13-10-5-4-9-12(13)14(18)19/h4-5,9-11H,6-8H2,1-3H3,(H,18,19). The molecule has 1 N–H and O–H groups in total. The van der Waals surface area contributed by atoms with Crippen LogP contribution in [0.1, 0.15) is 50.4 Å². The second-order valence-corrected chi connectivity index (χ2v) is 6.26.